The van der Waals surface area contributed by atoms with Gasteiger partial charge in [-0.15, -0.1) is 0 Å². The number of aliphatic hydroxyl groups excluding tert-OH is 1. The molecule has 0 radical (unpaired) electrons. The van der Waals surface area contributed by atoms with E-state index in [0.29, 0.717) is 0 Å². The van der Waals surface area contributed by atoms with E-state index in [2.05, 4.69) is 34.6 Å². The van der Waals surface area contributed by atoms with Crippen molar-refractivity contribution in [2.24, 2.45) is 0 Å². The maximum absolute atomic E-state index is 9.49. The van der Waals surface area contributed by atoms with Crippen LogP contribution in [0.4, 0.5) is 0 Å². The fraction of sp³-hybridized carbons (Fsp3) is 0.600. The van der Waals surface area contributed by atoms with Crippen molar-refractivity contribution < 1.29 is 9.84 Å². The highest BCUT2D eigenvalue weighted by molar-refractivity contribution is 5.55. The summed E-state index contributed by atoms with van der Waals surface area (Å²) < 4.78 is 6.13. The van der Waals surface area contributed by atoms with Crippen LogP contribution >= 0.6 is 0 Å². The maximum Gasteiger partial charge on any atom is 0.126 e. The van der Waals surface area contributed by atoms with E-state index in [4.69, 9.17) is 4.74 Å². The Kier molecular flexibility index (Phi) is 2.94. The van der Waals surface area contributed by atoms with Crippen LogP contribution in [0.5, 0.6) is 5.75 Å². The van der Waals surface area contributed by atoms with Gasteiger partial charge in [-0.25, -0.2) is 0 Å². The van der Waals surface area contributed by atoms with Crippen LogP contribution in [0.2, 0.25) is 0 Å². The van der Waals surface area contributed by atoms with Crippen molar-refractivity contribution in [1.82, 2.24) is 0 Å². The second-order valence-corrected chi connectivity index (χ2v) is 5.68. The Labute approximate surface area is 104 Å². The van der Waals surface area contributed by atoms with Gasteiger partial charge >= 0.3 is 0 Å². The van der Waals surface area contributed by atoms with Crippen LogP contribution in [0.15, 0.2) is 0 Å². The van der Waals surface area contributed by atoms with E-state index in [1.165, 1.54) is 22.3 Å². The molecule has 2 nitrogen and oxygen atoms in total. The number of ether oxygens (including phenoxy) is 1. The highest BCUT2D eigenvalue weighted by Crippen LogP contribution is 2.40. The molecule has 0 fully saturated rings. The largest absolute Gasteiger partial charge is 0.487 e. The molecule has 0 spiro atoms. The van der Waals surface area contributed by atoms with Crippen molar-refractivity contribution in [3.05, 3.63) is 27.8 Å². The molecule has 0 saturated heterocycles. The smallest absolute Gasteiger partial charge is 0.126 e. The zero-order chi connectivity index (χ0) is 12.8. The highest BCUT2D eigenvalue weighted by Gasteiger charge is 2.30. The summed E-state index contributed by atoms with van der Waals surface area (Å²) in [7, 11) is 0. The summed E-state index contributed by atoms with van der Waals surface area (Å²) in [5.41, 5.74) is 5.85. The minimum Gasteiger partial charge on any atom is -0.487 e. The van der Waals surface area contributed by atoms with E-state index in [1.807, 2.05) is 0 Å². The Morgan fingerprint density at radius 1 is 1.12 bits per heavy atom. The molecule has 17 heavy (non-hydrogen) atoms. The van der Waals surface area contributed by atoms with Crippen molar-refractivity contribution in [2.45, 2.75) is 59.7 Å². The molecule has 0 atom stereocenters. The predicted molar refractivity (Wildman–Crippen MR) is 69.6 cm³/mol. The van der Waals surface area contributed by atoms with Gasteiger partial charge in [0.15, 0.2) is 0 Å². The van der Waals surface area contributed by atoms with E-state index in [1.54, 1.807) is 0 Å². The standard InChI is InChI=1S/C15H22O2/c1-9-10(2)14-12(11(3)13(9)8-16)6-7-15(4,5)17-14/h16H,6-8H2,1-5H3. The zero-order valence-electron chi connectivity index (χ0n) is 11.5. The predicted octanol–water partition coefficient (Wildman–Crippen LogP) is 3.21. The first-order valence-corrected chi connectivity index (χ1v) is 6.29. The van der Waals surface area contributed by atoms with Gasteiger partial charge in [-0.2, -0.15) is 0 Å². The Hall–Kier alpha value is -1.02. The number of hydrogen-bond acceptors (Lipinski definition) is 2. The average Bonchev–Trinajstić information content (AvgIpc) is 2.26. The normalized spacial score (nSPS) is 17.5. The molecular weight excluding hydrogens is 212 g/mol. The maximum atomic E-state index is 9.49. The summed E-state index contributed by atoms with van der Waals surface area (Å²) >= 11 is 0. The molecule has 0 unspecified atom stereocenters. The number of hydrogen-bond donors (Lipinski definition) is 1. The van der Waals surface area contributed by atoms with Gasteiger partial charge in [0, 0.05) is 0 Å². The monoisotopic (exact) mass is 234 g/mol. The van der Waals surface area contributed by atoms with Gasteiger partial charge in [-0.3, -0.25) is 0 Å². The van der Waals surface area contributed by atoms with Crippen LogP contribution in [-0.2, 0) is 13.0 Å². The first-order valence-electron chi connectivity index (χ1n) is 6.29. The average molecular weight is 234 g/mol. The molecule has 1 aromatic carbocycles. The summed E-state index contributed by atoms with van der Waals surface area (Å²) in [6.45, 7) is 10.7. The number of rotatable bonds is 1. The van der Waals surface area contributed by atoms with Gasteiger partial charge in [0.1, 0.15) is 11.4 Å². The van der Waals surface area contributed by atoms with E-state index < -0.39 is 0 Å². The lowest BCUT2D eigenvalue weighted by atomic mass is 9.86. The molecule has 0 aliphatic carbocycles. The molecule has 2 rings (SSSR count). The van der Waals surface area contributed by atoms with E-state index >= 15 is 0 Å². The summed E-state index contributed by atoms with van der Waals surface area (Å²) in [6.07, 6.45) is 2.08. The fourth-order valence-electron chi connectivity index (χ4n) is 2.69. The first kappa shape index (κ1) is 12.4. The van der Waals surface area contributed by atoms with Crippen LogP contribution in [0, 0.1) is 20.8 Å². The molecule has 0 saturated carbocycles. The van der Waals surface area contributed by atoms with Crippen LogP contribution in [0.1, 0.15) is 48.1 Å². The minimum absolute atomic E-state index is 0.0721. The molecule has 1 aliphatic heterocycles. The van der Waals surface area contributed by atoms with E-state index in [-0.39, 0.29) is 12.2 Å². The Bertz CT molecular complexity index is 459. The Balaban J connectivity index is 2.64. The van der Waals surface area contributed by atoms with Crippen molar-refractivity contribution in [3.63, 3.8) is 0 Å². The molecule has 0 amide bonds. The van der Waals surface area contributed by atoms with Gasteiger partial charge in [0.05, 0.1) is 6.61 Å². The second kappa shape index (κ2) is 4.02. The van der Waals surface area contributed by atoms with E-state index in [0.717, 1.165) is 24.2 Å². The van der Waals surface area contributed by atoms with Crippen molar-refractivity contribution in [3.8, 4) is 5.75 Å². The van der Waals surface area contributed by atoms with Gasteiger partial charge in [0.25, 0.3) is 0 Å². The van der Waals surface area contributed by atoms with Crippen molar-refractivity contribution in [1.29, 1.82) is 0 Å². The molecule has 0 bridgehead atoms. The summed E-state index contributed by atoms with van der Waals surface area (Å²) in [5.74, 6) is 1.05. The van der Waals surface area contributed by atoms with Crippen LogP contribution in [0.3, 0.4) is 0 Å². The van der Waals surface area contributed by atoms with Crippen LogP contribution in [0.25, 0.3) is 0 Å². The summed E-state index contributed by atoms with van der Waals surface area (Å²) in [5, 5.41) is 9.49. The van der Waals surface area contributed by atoms with Crippen molar-refractivity contribution in [2.75, 3.05) is 0 Å². The van der Waals surface area contributed by atoms with Gasteiger partial charge in [-0.1, -0.05) is 0 Å². The lowest BCUT2D eigenvalue weighted by Crippen LogP contribution is -2.33. The number of benzene rings is 1. The number of aliphatic hydroxyl groups is 1. The lowest BCUT2D eigenvalue weighted by molar-refractivity contribution is 0.0832. The second-order valence-electron chi connectivity index (χ2n) is 5.68. The van der Waals surface area contributed by atoms with Crippen molar-refractivity contribution >= 4 is 0 Å². The number of fused-ring (bicyclic) bond motifs is 1. The lowest BCUT2D eigenvalue weighted by Gasteiger charge is -2.35. The van der Waals surface area contributed by atoms with Crippen LogP contribution < -0.4 is 4.74 Å². The molecule has 94 valence electrons. The van der Waals surface area contributed by atoms with Gasteiger partial charge < -0.3 is 9.84 Å². The highest BCUT2D eigenvalue weighted by atomic mass is 16.5. The quantitative estimate of drug-likeness (QED) is 0.808. The van der Waals surface area contributed by atoms with Gasteiger partial charge in [0.2, 0.25) is 0 Å². The molecule has 2 heteroatoms. The summed E-state index contributed by atoms with van der Waals surface area (Å²) in [6, 6.07) is 0. The molecule has 1 aromatic rings. The minimum atomic E-state index is -0.0721. The molecule has 1 N–H and O–H groups in total. The topological polar surface area (TPSA) is 29.5 Å². The third kappa shape index (κ3) is 1.95. The van der Waals surface area contributed by atoms with E-state index in [9.17, 15) is 5.11 Å². The summed E-state index contributed by atoms with van der Waals surface area (Å²) in [4.78, 5) is 0. The first-order chi connectivity index (χ1) is 7.87. The zero-order valence-corrected chi connectivity index (χ0v) is 11.5. The molecular formula is C15H22O2. The SMILES string of the molecule is Cc1c(C)c2c(c(C)c1CO)CCC(C)(C)O2. The Morgan fingerprint density at radius 2 is 1.76 bits per heavy atom. The third-order valence-electron chi connectivity index (χ3n) is 4.05. The fourth-order valence-corrected chi connectivity index (χ4v) is 2.69. The third-order valence-corrected chi connectivity index (χ3v) is 4.05. The van der Waals surface area contributed by atoms with Crippen LogP contribution in [-0.4, -0.2) is 10.7 Å². The molecule has 1 aliphatic rings. The molecule has 0 aromatic heterocycles. The van der Waals surface area contributed by atoms with Gasteiger partial charge in [-0.05, 0) is 75.3 Å². The Morgan fingerprint density at radius 3 is 2.35 bits per heavy atom. The molecule has 1 heterocycles.